The first-order valence-corrected chi connectivity index (χ1v) is 4.72. The molecule has 0 aliphatic heterocycles. The zero-order valence-electron chi connectivity index (χ0n) is 9.44. The van der Waals surface area contributed by atoms with E-state index in [0.717, 1.165) is 6.54 Å². The van der Waals surface area contributed by atoms with Crippen molar-refractivity contribution in [2.24, 2.45) is 15.8 Å². The molecule has 0 fully saturated rings. The maximum absolute atomic E-state index is 4.40. The molecule has 0 unspecified atom stereocenters. The lowest BCUT2D eigenvalue weighted by atomic mass is 9.92. The van der Waals surface area contributed by atoms with Gasteiger partial charge >= 0.3 is 0 Å². The fourth-order valence-corrected chi connectivity index (χ4v) is 0.738. The number of hydrogen-bond donors (Lipinski definition) is 0. The molecule has 0 heterocycles. The summed E-state index contributed by atoms with van der Waals surface area (Å²) in [5.41, 5.74) is 0.646. The van der Waals surface area contributed by atoms with Gasteiger partial charge in [-0.2, -0.15) is 0 Å². The molecule has 0 aromatic rings. The van der Waals surface area contributed by atoms with Gasteiger partial charge in [-0.15, -0.1) is 0 Å². The van der Waals surface area contributed by atoms with E-state index in [1.165, 1.54) is 6.42 Å². The zero-order chi connectivity index (χ0) is 9.83. The average molecular weight is 169 g/mol. The summed E-state index contributed by atoms with van der Waals surface area (Å²) in [5.74, 6) is 0. The van der Waals surface area contributed by atoms with Gasteiger partial charge in [0.2, 0.25) is 0 Å². The summed E-state index contributed by atoms with van der Waals surface area (Å²) < 4.78 is 0. The lowest BCUT2D eigenvalue weighted by molar-refractivity contribution is 0.385. The van der Waals surface area contributed by atoms with Crippen LogP contribution in [0.3, 0.4) is 0 Å². The predicted molar refractivity (Wildman–Crippen MR) is 56.9 cm³/mol. The minimum atomic E-state index is 0.234. The van der Waals surface area contributed by atoms with Crippen LogP contribution in [-0.2, 0) is 0 Å². The monoisotopic (exact) mass is 169 g/mol. The van der Waals surface area contributed by atoms with Crippen molar-refractivity contribution in [2.75, 3.05) is 6.54 Å². The summed E-state index contributed by atoms with van der Waals surface area (Å²) in [4.78, 5) is 4.40. The van der Waals surface area contributed by atoms with Crippen molar-refractivity contribution in [3.05, 3.63) is 0 Å². The van der Waals surface area contributed by atoms with E-state index in [0.29, 0.717) is 5.41 Å². The summed E-state index contributed by atoms with van der Waals surface area (Å²) in [6.45, 7) is 14.2. The molecule has 0 radical (unpaired) electrons. The molecule has 0 spiro atoms. The van der Waals surface area contributed by atoms with Crippen molar-refractivity contribution < 1.29 is 0 Å². The van der Waals surface area contributed by atoms with Crippen LogP contribution in [0.1, 0.15) is 48.0 Å². The second kappa shape index (κ2) is 4.06. The van der Waals surface area contributed by atoms with Gasteiger partial charge in [-0.1, -0.05) is 41.5 Å². The normalized spacial score (nSPS) is 14.2. The Morgan fingerprint density at radius 2 is 1.50 bits per heavy atom. The number of aliphatic imine (C=N–C) groups is 1. The topological polar surface area (TPSA) is 12.4 Å². The fourth-order valence-electron chi connectivity index (χ4n) is 0.738. The molecule has 0 rings (SSSR count). The van der Waals surface area contributed by atoms with Crippen LogP contribution >= 0.6 is 0 Å². The number of nitrogens with zero attached hydrogens (tertiary/aromatic N) is 1. The van der Waals surface area contributed by atoms with Crippen LogP contribution in [0.25, 0.3) is 0 Å². The Labute approximate surface area is 77.3 Å². The van der Waals surface area contributed by atoms with E-state index >= 15 is 0 Å². The first-order chi connectivity index (χ1) is 5.21. The van der Waals surface area contributed by atoms with Crippen LogP contribution in [-0.4, -0.2) is 12.8 Å². The Morgan fingerprint density at radius 3 is 1.83 bits per heavy atom. The summed E-state index contributed by atoms with van der Waals surface area (Å²) in [6.07, 6.45) is 3.22. The molecule has 1 heteroatoms. The minimum Gasteiger partial charge on any atom is -0.297 e. The van der Waals surface area contributed by atoms with E-state index in [4.69, 9.17) is 0 Å². The van der Waals surface area contributed by atoms with Gasteiger partial charge in [-0.05, 0) is 17.3 Å². The Morgan fingerprint density at radius 1 is 1.00 bits per heavy atom. The molecule has 0 amide bonds. The largest absolute Gasteiger partial charge is 0.297 e. The van der Waals surface area contributed by atoms with E-state index in [-0.39, 0.29) is 5.41 Å². The van der Waals surface area contributed by atoms with Crippen LogP contribution in [0.5, 0.6) is 0 Å². The van der Waals surface area contributed by atoms with E-state index < -0.39 is 0 Å². The van der Waals surface area contributed by atoms with Gasteiger partial charge in [0.05, 0.1) is 0 Å². The maximum atomic E-state index is 4.40. The highest BCUT2D eigenvalue weighted by Crippen LogP contribution is 2.18. The zero-order valence-corrected chi connectivity index (χ0v) is 9.44. The third kappa shape index (κ3) is 9.67. The van der Waals surface area contributed by atoms with Gasteiger partial charge in [0.25, 0.3) is 0 Å². The fraction of sp³-hybridized carbons (Fsp3) is 0.909. The van der Waals surface area contributed by atoms with Gasteiger partial charge in [0.1, 0.15) is 0 Å². The lowest BCUT2D eigenvalue weighted by Gasteiger charge is -2.16. The van der Waals surface area contributed by atoms with Crippen molar-refractivity contribution in [1.29, 1.82) is 0 Å². The van der Waals surface area contributed by atoms with Crippen molar-refractivity contribution in [3.8, 4) is 0 Å². The number of hydrogen-bond acceptors (Lipinski definition) is 1. The third-order valence-electron chi connectivity index (χ3n) is 1.47. The second-order valence-corrected chi connectivity index (χ2v) is 5.71. The molecule has 0 aromatic carbocycles. The SMILES string of the molecule is CC(C)(C)/C=N/CCC(C)(C)C. The molecule has 0 N–H and O–H groups in total. The van der Waals surface area contributed by atoms with Crippen LogP contribution in [0, 0.1) is 10.8 Å². The van der Waals surface area contributed by atoms with Crippen LogP contribution < -0.4 is 0 Å². The maximum Gasteiger partial charge on any atom is 0.0390 e. The number of rotatable bonds is 2. The van der Waals surface area contributed by atoms with Crippen molar-refractivity contribution in [2.45, 2.75) is 48.0 Å². The molecular formula is C11H23N. The van der Waals surface area contributed by atoms with E-state index in [2.05, 4.69) is 52.7 Å². The quantitative estimate of drug-likeness (QED) is 0.561. The van der Waals surface area contributed by atoms with Gasteiger partial charge in [-0.25, -0.2) is 0 Å². The van der Waals surface area contributed by atoms with E-state index in [1.54, 1.807) is 0 Å². The van der Waals surface area contributed by atoms with Gasteiger partial charge < -0.3 is 0 Å². The smallest absolute Gasteiger partial charge is 0.0390 e. The molecule has 0 bridgehead atoms. The highest BCUT2D eigenvalue weighted by Gasteiger charge is 2.09. The lowest BCUT2D eigenvalue weighted by Crippen LogP contribution is -2.09. The van der Waals surface area contributed by atoms with Crippen LogP contribution in [0.2, 0.25) is 0 Å². The van der Waals surface area contributed by atoms with Crippen molar-refractivity contribution in [3.63, 3.8) is 0 Å². The minimum absolute atomic E-state index is 0.234. The van der Waals surface area contributed by atoms with Crippen LogP contribution in [0.15, 0.2) is 4.99 Å². The van der Waals surface area contributed by atoms with E-state index in [1.807, 2.05) is 0 Å². The molecule has 12 heavy (non-hydrogen) atoms. The predicted octanol–water partition coefficient (Wildman–Crippen LogP) is 3.54. The standard InChI is InChI=1S/C11H23N/c1-10(2,3)7-8-12-9-11(4,5)6/h9H,7-8H2,1-6H3/b12-9+. The summed E-state index contributed by atoms with van der Waals surface area (Å²) >= 11 is 0. The van der Waals surface area contributed by atoms with Gasteiger partial charge in [0.15, 0.2) is 0 Å². The molecular weight excluding hydrogens is 146 g/mol. The Hall–Kier alpha value is -0.330. The van der Waals surface area contributed by atoms with Gasteiger partial charge in [0, 0.05) is 12.8 Å². The van der Waals surface area contributed by atoms with E-state index in [9.17, 15) is 0 Å². The molecule has 0 saturated heterocycles. The Kier molecular flexibility index (Phi) is 3.95. The highest BCUT2D eigenvalue weighted by molar-refractivity contribution is 5.63. The molecule has 72 valence electrons. The third-order valence-corrected chi connectivity index (χ3v) is 1.47. The summed E-state index contributed by atoms with van der Waals surface area (Å²) in [5, 5.41) is 0. The molecule has 1 nitrogen and oxygen atoms in total. The molecule has 0 aliphatic carbocycles. The first-order valence-electron chi connectivity index (χ1n) is 4.72. The van der Waals surface area contributed by atoms with Gasteiger partial charge in [-0.3, -0.25) is 4.99 Å². The van der Waals surface area contributed by atoms with Crippen LogP contribution in [0.4, 0.5) is 0 Å². The van der Waals surface area contributed by atoms with Crippen molar-refractivity contribution in [1.82, 2.24) is 0 Å². The second-order valence-electron chi connectivity index (χ2n) is 5.71. The van der Waals surface area contributed by atoms with Crippen molar-refractivity contribution >= 4 is 6.21 Å². The Balaban J connectivity index is 3.64. The highest BCUT2D eigenvalue weighted by atomic mass is 14.7. The first kappa shape index (κ1) is 11.7. The molecule has 0 atom stereocenters. The molecule has 0 saturated carbocycles. The molecule has 0 aromatic heterocycles. The molecule has 0 aliphatic rings. The average Bonchev–Trinajstić information content (AvgIpc) is 1.76. The summed E-state index contributed by atoms with van der Waals surface area (Å²) in [6, 6.07) is 0. The summed E-state index contributed by atoms with van der Waals surface area (Å²) in [7, 11) is 0. The Bertz CT molecular complexity index is 143.